The Morgan fingerprint density at radius 3 is 2.70 bits per heavy atom. The number of aromatic nitrogens is 1. The molecule has 0 unspecified atom stereocenters. The largest absolute Gasteiger partial charge is 0.473 e. The Hall–Kier alpha value is -2.18. The highest BCUT2D eigenvalue weighted by atomic mass is 16.6. The van der Waals surface area contributed by atoms with Gasteiger partial charge in [-0.05, 0) is 24.8 Å². The second-order valence-corrected chi connectivity index (χ2v) is 4.65. The summed E-state index contributed by atoms with van der Waals surface area (Å²) >= 11 is 0. The van der Waals surface area contributed by atoms with Crippen molar-refractivity contribution in [2.75, 3.05) is 13.7 Å². The van der Waals surface area contributed by atoms with Crippen molar-refractivity contribution in [2.45, 2.75) is 26.7 Å². The molecule has 0 aliphatic carbocycles. The molecule has 0 saturated heterocycles. The topological polar surface area (TPSA) is 91.6 Å². The quantitative estimate of drug-likeness (QED) is 0.330. The van der Waals surface area contributed by atoms with Crippen molar-refractivity contribution < 1.29 is 19.2 Å². The lowest BCUT2D eigenvalue weighted by Gasteiger charge is -2.08. The van der Waals surface area contributed by atoms with Gasteiger partial charge in [-0.3, -0.25) is 10.1 Å². The molecule has 0 radical (unpaired) electrons. The molecule has 7 nitrogen and oxygen atoms in total. The molecule has 110 valence electrons. The van der Waals surface area contributed by atoms with E-state index < -0.39 is 10.9 Å². The van der Waals surface area contributed by atoms with Gasteiger partial charge in [0.15, 0.2) is 5.69 Å². The summed E-state index contributed by atoms with van der Waals surface area (Å²) in [5.41, 5.74) is -0.279. The lowest BCUT2D eigenvalue weighted by molar-refractivity contribution is -0.386. The second kappa shape index (κ2) is 7.42. The number of nitro groups is 1. The second-order valence-electron chi connectivity index (χ2n) is 4.65. The number of nitrogens with zero attached hydrogens (tertiary/aromatic N) is 2. The third-order valence-electron chi connectivity index (χ3n) is 2.60. The molecule has 0 atom stereocenters. The van der Waals surface area contributed by atoms with E-state index in [0.717, 1.165) is 12.8 Å². The molecular formula is C13H18N2O5. The van der Waals surface area contributed by atoms with E-state index in [9.17, 15) is 14.9 Å². The third kappa shape index (κ3) is 4.49. The molecule has 7 heteroatoms. The monoisotopic (exact) mass is 282 g/mol. The predicted octanol–water partition coefficient (Wildman–Crippen LogP) is 2.59. The maximum atomic E-state index is 11.4. The zero-order valence-corrected chi connectivity index (χ0v) is 11.8. The number of ether oxygens (including phenoxy) is 2. The first kappa shape index (κ1) is 15.9. The summed E-state index contributed by atoms with van der Waals surface area (Å²) in [7, 11) is 1.22. The van der Waals surface area contributed by atoms with Gasteiger partial charge in [-0.25, -0.2) is 9.78 Å². The summed E-state index contributed by atoms with van der Waals surface area (Å²) in [6.45, 7) is 4.48. The number of carbonyl (C=O) groups excluding carboxylic acids is 1. The summed E-state index contributed by atoms with van der Waals surface area (Å²) in [5.74, 6) is -0.281. The fourth-order valence-electron chi connectivity index (χ4n) is 1.56. The Labute approximate surface area is 117 Å². The molecule has 0 N–H and O–H groups in total. The van der Waals surface area contributed by atoms with E-state index in [2.05, 4.69) is 23.6 Å². The van der Waals surface area contributed by atoms with Crippen LogP contribution in [0.25, 0.3) is 0 Å². The van der Waals surface area contributed by atoms with Crippen molar-refractivity contribution in [1.82, 2.24) is 4.98 Å². The Balaban J connectivity index is 2.83. The van der Waals surface area contributed by atoms with Gasteiger partial charge >= 0.3 is 11.7 Å². The Kier molecular flexibility index (Phi) is 5.89. The molecule has 0 spiro atoms. The van der Waals surface area contributed by atoms with Gasteiger partial charge < -0.3 is 9.47 Å². The van der Waals surface area contributed by atoms with E-state index in [-0.39, 0.29) is 17.3 Å². The minimum atomic E-state index is -0.660. The van der Waals surface area contributed by atoms with E-state index in [0.29, 0.717) is 12.5 Å². The highest BCUT2D eigenvalue weighted by molar-refractivity contribution is 5.87. The number of methoxy groups -OCH3 is 1. The van der Waals surface area contributed by atoms with Crippen LogP contribution >= 0.6 is 0 Å². The summed E-state index contributed by atoms with van der Waals surface area (Å²) < 4.78 is 9.85. The number of carbonyl (C=O) groups is 1. The van der Waals surface area contributed by atoms with Crippen molar-refractivity contribution >= 4 is 11.7 Å². The smallest absolute Gasteiger partial charge is 0.356 e. The summed E-state index contributed by atoms with van der Waals surface area (Å²) in [6.07, 6.45) is 1.71. The first-order chi connectivity index (χ1) is 9.45. The van der Waals surface area contributed by atoms with Gasteiger partial charge in [0.25, 0.3) is 5.88 Å². The van der Waals surface area contributed by atoms with Crippen molar-refractivity contribution in [1.29, 1.82) is 0 Å². The number of esters is 1. The van der Waals surface area contributed by atoms with E-state index in [4.69, 9.17) is 4.74 Å². The molecule has 0 aromatic carbocycles. The van der Waals surface area contributed by atoms with Crippen molar-refractivity contribution in [3.8, 4) is 5.88 Å². The molecule has 1 aromatic rings. The van der Waals surface area contributed by atoms with Gasteiger partial charge in [0.1, 0.15) is 0 Å². The fraction of sp³-hybridized carbons (Fsp3) is 0.538. The summed E-state index contributed by atoms with van der Waals surface area (Å²) in [5, 5.41) is 10.9. The maximum absolute atomic E-state index is 11.4. The number of rotatable bonds is 7. The van der Waals surface area contributed by atoms with Crippen LogP contribution in [0, 0.1) is 16.0 Å². The lowest BCUT2D eigenvalue weighted by Crippen LogP contribution is -2.09. The van der Waals surface area contributed by atoms with Crippen LogP contribution in [0.4, 0.5) is 5.69 Å². The standard InChI is InChI=1S/C13H18N2O5/c1-9(2)5-4-8-20-12-11(15(17)18)7-6-10(14-12)13(16)19-3/h6-7,9H,4-5,8H2,1-3H3. The molecule has 0 amide bonds. The van der Waals surface area contributed by atoms with Crippen LogP contribution < -0.4 is 4.74 Å². The van der Waals surface area contributed by atoms with Gasteiger partial charge in [0.2, 0.25) is 0 Å². The molecule has 0 aliphatic rings. The average molecular weight is 282 g/mol. The van der Waals surface area contributed by atoms with Crippen LogP contribution in [0.15, 0.2) is 12.1 Å². The van der Waals surface area contributed by atoms with Crippen molar-refractivity contribution in [3.63, 3.8) is 0 Å². The van der Waals surface area contributed by atoms with Crippen LogP contribution in [-0.4, -0.2) is 29.6 Å². The summed E-state index contributed by atoms with van der Waals surface area (Å²) in [6, 6.07) is 2.43. The first-order valence-corrected chi connectivity index (χ1v) is 6.32. The lowest BCUT2D eigenvalue weighted by atomic mass is 10.1. The molecule has 0 bridgehead atoms. The molecule has 0 fully saturated rings. The van der Waals surface area contributed by atoms with Crippen LogP contribution in [0.1, 0.15) is 37.2 Å². The maximum Gasteiger partial charge on any atom is 0.356 e. The predicted molar refractivity (Wildman–Crippen MR) is 71.8 cm³/mol. The Morgan fingerprint density at radius 1 is 1.45 bits per heavy atom. The third-order valence-corrected chi connectivity index (χ3v) is 2.60. The minimum absolute atomic E-state index is 0.0167. The van der Waals surface area contributed by atoms with Crippen LogP contribution in [0.2, 0.25) is 0 Å². The van der Waals surface area contributed by atoms with Gasteiger partial charge in [-0.15, -0.1) is 0 Å². The molecule has 0 saturated carbocycles. The summed E-state index contributed by atoms with van der Waals surface area (Å²) in [4.78, 5) is 25.5. The molecule has 1 aromatic heterocycles. The van der Waals surface area contributed by atoms with Crippen LogP contribution in [0.5, 0.6) is 5.88 Å². The van der Waals surface area contributed by atoms with Crippen LogP contribution in [-0.2, 0) is 4.74 Å². The first-order valence-electron chi connectivity index (χ1n) is 6.32. The van der Waals surface area contributed by atoms with E-state index >= 15 is 0 Å². The van der Waals surface area contributed by atoms with Crippen molar-refractivity contribution in [2.24, 2.45) is 5.92 Å². The average Bonchev–Trinajstić information content (AvgIpc) is 2.42. The molecule has 20 heavy (non-hydrogen) atoms. The number of hydrogen-bond acceptors (Lipinski definition) is 6. The van der Waals surface area contributed by atoms with Gasteiger partial charge in [0, 0.05) is 6.07 Å². The zero-order valence-electron chi connectivity index (χ0n) is 11.8. The Bertz CT molecular complexity index is 488. The van der Waals surface area contributed by atoms with Gasteiger partial charge in [-0.1, -0.05) is 13.8 Å². The van der Waals surface area contributed by atoms with E-state index in [1.165, 1.54) is 19.2 Å². The Morgan fingerprint density at radius 2 is 2.15 bits per heavy atom. The van der Waals surface area contributed by atoms with Gasteiger partial charge in [-0.2, -0.15) is 0 Å². The van der Waals surface area contributed by atoms with E-state index in [1.807, 2.05) is 0 Å². The SMILES string of the molecule is COC(=O)c1ccc([N+](=O)[O-])c(OCCCC(C)C)n1. The molecule has 1 rings (SSSR count). The highest BCUT2D eigenvalue weighted by Gasteiger charge is 2.20. The molecule has 0 aliphatic heterocycles. The minimum Gasteiger partial charge on any atom is -0.473 e. The molecule has 1 heterocycles. The van der Waals surface area contributed by atoms with Crippen LogP contribution in [0.3, 0.4) is 0 Å². The highest BCUT2D eigenvalue weighted by Crippen LogP contribution is 2.25. The normalized spacial score (nSPS) is 10.4. The van der Waals surface area contributed by atoms with E-state index in [1.54, 1.807) is 0 Å². The van der Waals surface area contributed by atoms with Crippen molar-refractivity contribution in [3.05, 3.63) is 27.9 Å². The molecular weight excluding hydrogens is 264 g/mol. The number of hydrogen-bond donors (Lipinski definition) is 0. The van der Waals surface area contributed by atoms with Gasteiger partial charge in [0.05, 0.1) is 18.6 Å². The number of pyridine rings is 1. The fourth-order valence-corrected chi connectivity index (χ4v) is 1.56. The zero-order chi connectivity index (χ0) is 15.1.